The molecule has 9 nitrogen and oxygen atoms in total. The lowest BCUT2D eigenvalue weighted by Gasteiger charge is -2.27. The lowest BCUT2D eigenvalue weighted by molar-refractivity contribution is -0.138. The topological polar surface area (TPSA) is 113 Å². The van der Waals surface area contributed by atoms with Gasteiger partial charge in [-0.2, -0.15) is 13.2 Å². The van der Waals surface area contributed by atoms with E-state index in [0.29, 0.717) is 5.69 Å². The van der Waals surface area contributed by atoms with Crippen molar-refractivity contribution in [2.45, 2.75) is 13.1 Å². The van der Waals surface area contributed by atoms with Gasteiger partial charge in [-0.15, -0.1) is 0 Å². The third-order valence-corrected chi connectivity index (χ3v) is 6.04. The quantitative estimate of drug-likeness (QED) is 0.296. The number of carbonyl (C=O) groups excluding carboxylic acids is 2. The van der Waals surface area contributed by atoms with Crippen LogP contribution in [0.15, 0.2) is 85.3 Å². The molecule has 0 fully saturated rings. The average molecular weight is 565 g/mol. The molecule has 4 rings (SSSR count). The van der Waals surface area contributed by atoms with Crippen LogP contribution in [0.5, 0.6) is 11.6 Å². The third-order valence-electron chi connectivity index (χ3n) is 6.04. The maximum Gasteiger partial charge on any atom is 0.421 e. The van der Waals surface area contributed by atoms with Crippen LogP contribution in [0.4, 0.5) is 24.5 Å². The van der Waals surface area contributed by atoms with E-state index in [2.05, 4.69) is 9.97 Å². The number of hydrogen-bond donors (Lipinski definition) is 1. The molecule has 0 radical (unpaired) electrons. The summed E-state index contributed by atoms with van der Waals surface area (Å²) in [6.07, 6.45) is -0.690. The van der Waals surface area contributed by atoms with Crippen LogP contribution < -0.4 is 14.5 Å². The second kappa shape index (κ2) is 11.9. The number of carboxylic acids is 1. The van der Waals surface area contributed by atoms with E-state index < -0.39 is 47.5 Å². The van der Waals surface area contributed by atoms with Crippen molar-refractivity contribution in [2.75, 3.05) is 23.4 Å². The van der Waals surface area contributed by atoms with E-state index in [4.69, 9.17) is 4.74 Å². The number of likely N-dealkylation sites (N-methyl/N-ethyl adjacent to an activating group) is 1. The van der Waals surface area contributed by atoms with Crippen LogP contribution in [0.25, 0.3) is 0 Å². The number of benzene rings is 2. The Bertz CT molecular complexity index is 1580. The first-order valence-electron chi connectivity index (χ1n) is 12.1. The molecule has 0 bridgehead atoms. The molecule has 41 heavy (non-hydrogen) atoms. The van der Waals surface area contributed by atoms with Crippen molar-refractivity contribution >= 4 is 29.2 Å². The van der Waals surface area contributed by atoms with E-state index in [1.807, 2.05) is 6.92 Å². The predicted molar refractivity (Wildman–Crippen MR) is 143 cm³/mol. The second-order valence-electron chi connectivity index (χ2n) is 8.86. The molecule has 0 atom stereocenters. The molecule has 1 N–H and O–H groups in total. The molecule has 0 spiro atoms. The summed E-state index contributed by atoms with van der Waals surface area (Å²) in [5.41, 5.74) is -0.236. The number of alkyl halides is 3. The van der Waals surface area contributed by atoms with Gasteiger partial charge in [-0.3, -0.25) is 19.5 Å². The van der Waals surface area contributed by atoms with Crippen molar-refractivity contribution in [3.05, 3.63) is 108 Å². The highest BCUT2D eigenvalue weighted by Gasteiger charge is 2.35. The highest BCUT2D eigenvalue weighted by Crippen LogP contribution is 2.37. The van der Waals surface area contributed by atoms with Gasteiger partial charge in [0.15, 0.2) is 0 Å². The van der Waals surface area contributed by atoms with Gasteiger partial charge in [-0.25, -0.2) is 9.78 Å². The number of hydrogen-bond acceptors (Lipinski definition) is 6. The molecule has 0 aliphatic carbocycles. The molecule has 0 aliphatic rings. The number of aromatic carboxylic acids is 1. The number of carboxylic acid groups (broad SMARTS) is 1. The van der Waals surface area contributed by atoms with Gasteiger partial charge in [0, 0.05) is 36.9 Å². The van der Waals surface area contributed by atoms with E-state index in [1.165, 1.54) is 36.5 Å². The Hall–Kier alpha value is -5.26. The summed E-state index contributed by atoms with van der Waals surface area (Å²) in [5.74, 6) is -3.75. The standard InChI is InChI=1S/C29H23F3N4O5/c1-18-5-7-19(8-6-18)27(38)36(17-25(37)35(2)20-11-14-33-15-12-20)24-10-9-21(16-22(24)28(39)40)41-26-23(29(30,31)32)4-3-13-34-26/h3-16H,17H2,1-2H3,(H,39,40). The first kappa shape index (κ1) is 28.7. The maximum atomic E-state index is 13.6. The Morgan fingerprint density at radius 3 is 2.27 bits per heavy atom. The van der Waals surface area contributed by atoms with E-state index in [9.17, 15) is 32.7 Å². The number of halogens is 3. The third kappa shape index (κ3) is 6.67. The van der Waals surface area contributed by atoms with Crippen LogP contribution in [-0.4, -0.2) is 46.5 Å². The molecule has 0 unspecified atom stereocenters. The molecule has 2 aromatic carbocycles. The minimum absolute atomic E-state index is 0.163. The smallest absolute Gasteiger partial charge is 0.421 e. The fraction of sp³-hybridized carbons (Fsp3) is 0.138. The fourth-order valence-corrected chi connectivity index (χ4v) is 3.86. The van der Waals surface area contributed by atoms with Gasteiger partial charge in [0.25, 0.3) is 5.91 Å². The van der Waals surface area contributed by atoms with Crippen LogP contribution in [0.2, 0.25) is 0 Å². The normalized spacial score (nSPS) is 11.0. The van der Waals surface area contributed by atoms with E-state index in [0.717, 1.165) is 34.9 Å². The molecule has 0 aliphatic heterocycles. The van der Waals surface area contributed by atoms with Gasteiger partial charge < -0.3 is 14.7 Å². The molecule has 2 aromatic heterocycles. The minimum atomic E-state index is -4.77. The summed E-state index contributed by atoms with van der Waals surface area (Å²) in [5, 5.41) is 10.0. The van der Waals surface area contributed by atoms with Crippen LogP contribution in [0.1, 0.15) is 31.8 Å². The summed E-state index contributed by atoms with van der Waals surface area (Å²) < 4.78 is 45.6. The monoisotopic (exact) mass is 564 g/mol. The van der Waals surface area contributed by atoms with Gasteiger partial charge in [0.2, 0.25) is 11.8 Å². The first-order chi connectivity index (χ1) is 19.5. The lowest BCUT2D eigenvalue weighted by atomic mass is 10.1. The summed E-state index contributed by atoms with van der Waals surface area (Å²) in [7, 11) is 1.49. The zero-order chi connectivity index (χ0) is 29.7. The Labute approximate surface area is 232 Å². The molecule has 4 aromatic rings. The summed E-state index contributed by atoms with van der Waals surface area (Å²) in [4.78, 5) is 49.0. The Morgan fingerprint density at radius 1 is 0.951 bits per heavy atom. The number of amides is 2. The molecule has 0 saturated heterocycles. The maximum absolute atomic E-state index is 13.6. The van der Waals surface area contributed by atoms with Crippen molar-refractivity contribution in [2.24, 2.45) is 0 Å². The number of anilines is 2. The highest BCUT2D eigenvalue weighted by atomic mass is 19.4. The molecule has 210 valence electrons. The molecule has 2 amide bonds. The minimum Gasteiger partial charge on any atom is -0.478 e. The SMILES string of the molecule is Cc1ccc(C(=O)N(CC(=O)N(C)c2ccncc2)c2ccc(Oc3ncccc3C(F)(F)F)cc2C(=O)O)cc1. The number of aryl methyl sites for hydroxylation is 1. The van der Waals surface area contributed by atoms with Gasteiger partial charge in [0.05, 0.1) is 11.3 Å². The molecular weight excluding hydrogens is 541 g/mol. The van der Waals surface area contributed by atoms with Gasteiger partial charge in [0.1, 0.15) is 17.9 Å². The average Bonchev–Trinajstić information content (AvgIpc) is 2.95. The number of nitrogens with zero attached hydrogens (tertiary/aromatic N) is 4. The summed E-state index contributed by atoms with van der Waals surface area (Å²) in [6, 6.07) is 14.9. The number of rotatable bonds is 8. The van der Waals surface area contributed by atoms with Crippen LogP contribution in [0.3, 0.4) is 0 Å². The van der Waals surface area contributed by atoms with Crippen LogP contribution >= 0.6 is 0 Å². The number of pyridine rings is 2. The van der Waals surface area contributed by atoms with Crippen molar-refractivity contribution < 1.29 is 37.4 Å². The number of carbonyl (C=O) groups is 3. The molecule has 0 saturated carbocycles. The Kier molecular flexibility index (Phi) is 8.32. The van der Waals surface area contributed by atoms with E-state index in [1.54, 1.807) is 36.4 Å². The van der Waals surface area contributed by atoms with Crippen molar-refractivity contribution in [1.29, 1.82) is 0 Å². The zero-order valence-corrected chi connectivity index (χ0v) is 21.8. The molecular formula is C29H23F3N4O5. The van der Waals surface area contributed by atoms with Crippen molar-refractivity contribution in [3.8, 4) is 11.6 Å². The predicted octanol–water partition coefficient (Wildman–Crippen LogP) is 5.60. The number of ether oxygens (including phenoxy) is 1. The van der Waals surface area contributed by atoms with Crippen molar-refractivity contribution in [3.63, 3.8) is 0 Å². The molecule has 2 heterocycles. The van der Waals surface area contributed by atoms with E-state index in [-0.39, 0.29) is 17.0 Å². The van der Waals surface area contributed by atoms with E-state index >= 15 is 0 Å². The van der Waals surface area contributed by atoms with Gasteiger partial charge in [-0.1, -0.05) is 17.7 Å². The Morgan fingerprint density at radius 2 is 1.63 bits per heavy atom. The number of aromatic nitrogens is 2. The van der Waals surface area contributed by atoms with Crippen LogP contribution in [-0.2, 0) is 11.0 Å². The Balaban J connectivity index is 1.75. The summed E-state index contributed by atoms with van der Waals surface area (Å²) in [6.45, 7) is 1.27. The fourth-order valence-electron chi connectivity index (χ4n) is 3.86. The largest absolute Gasteiger partial charge is 0.478 e. The van der Waals surface area contributed by atoms with Gasteiger partial charge >= 0.3 is 12.1 Å². The second-order valence-corrected chi connectivity index (χ2v) is 8.86. The first-order valence-corrected chi connectivity index (χ1v) is 12.1. The molecule has 12 heteroatoms. The highest BCUT2D eigenvalue weighted by molar-refractivity contribution is 6.13. The van der Waals surface area contributed by atoms with Crippen molar-refractivity contribution in [1.82, 2.24) is 9.97 Å². The lowest BCUT2D eigenvalue weighted by Crippen LogP contribution is -2.42. The zero-order valence-electron chi connectivity index (χ0n) is 21.8. The van der Waals surface area contributed by atoms with Crippen LogP contribution in [0, 0.1) is 6.92 Å². The van der Waals surface area contributed by atoms with Gasteiger partial charge in [-0.05, 0) is 61.5 Å². The summed E-state index contributed by atoms with van der Waals surface area (Å²) >= 11 is 0.